The molecule has 0 fully saturated rings. The Balaban J connectivity index is 2.17. The number of carbonyl (C=O) groups excluding carboxylic acids is 1. The predicted molar refractivity (Wildman–Crippen MR) is 62.8 cm³/mol. The van der Waals surface area contributed by atoms with Crippen molar-refractivity contribution in [1.29, 1.82) is 0 Å². The summed E-state index contributed by atoms with van der Waals surface area (Å²) in [5.74, 6) is 0.121. The summed E-state index contributed by atoms with van der Waals surface area (Å²) in [7, 11) is 1.84. The van der Waals surface area contributed by atoms with Crippen LogP contribution in [0.3, 0.4) is 0 Å². The Hall–Kier alpha value is -1.49. The zero-order valence-electron chi connectivity index (χ0n) is 9.52. The number of nitrogens with zero attached hydrogens (tertiary/aromatic N) is 3. The molecule has 2 aromatic heterocycles. The van der Waals surface area contributed by atoms with Crippen molar-refractivity contribution in [2.24, 2.45) is 7.05 Å². The number of ketones is 1. The largest absolute Gasteiger partial charge is 0.293 e. The van der Waals surface area contributed by atoms with Crippen LogP contribution in [0.25, 0.3) is 0 Å². The van der Waals surface area contributed by atoms with Crippen molar-refractivity contribution in [1.82, 2.24) is 14.8 Å². The fourth-order valence-electron chi connectivity index (χ4n) is 1.62. The van der Waals surface area contributed by atoms with Crippen molar-refractivity contribution in [2.75, 3.05) is 0 Å². The van der Waals surface area contributed by atoms with E-state index < -0.39 is 0 Å². The molecule has 2 rings (SSSR count). The van der Waals surface area contributed by atoms with Crippen molar-refractivity contribution >= 4 is 17.1 Å². The maximum Gasteiger partial charge on any atom is 0.179 e. The van der Waals surface area contributed by atoms with Gasteiger partial charge in [-0.3, -0.25) is 9.48 Å². The van der Waals surface area contributed by atoms with Gasteiger partial charge in [-0.2, -0.15) is 5.10 Å². The lowest BCUT2D eigenvalue weighted by atomic mass is 10.1. The highest BCUT2D eigenvalue weighted by atomic mass is 32.1. The Morgan fingerprint density at radius 3 is 2.75 bits per heavy atom. The van der Waals surface area contributed by atoms with Crippen molar-refractivity contribution in [3.8, 4) is 0 Å². The Morgan fingerprint density at radius 2 is 2.25 bits per heavy atom. The zero-order chi connectivity index (χ0) is 11.7. The van der Waals surface area contributed by atoms with Gasteiger partial charge < -0.3 is 0 Å². The van der Waals surface area contributed by atoms with E-state index in [1.807, 2.05) is 27.1 Å². The van der Waals surface area contributed by atoms with E-state index in [2.05, 4.69) is 10.1 Å². The SMILES string of the molecule is Cc1nc(C)c(C(=O)Cc2cnn(C)c2)s1. The molecule has 0 aliphatic rings. The molecule has 5 heteroatoms. The normalized spacial score (nSPS) is 10.7. The molecule has 16 heavy (non-hydrogen) atoms. The monoisotopic (exact) mass is 235 g/mol. The van der Waals surface area contributed by atoms with Crippen LogP contribution in [0.5, 0.6) is 0 Å². The lowest BCUT2D eigenvalue weighted by Gasteiger charge is -1.95. The molecule has 0 atom stereocenters. The molecule has 4 nitrogen and oxygen atoms in total. The summed E-state index contributed by atoms with van der Waals surface area (Å²) in [6.45, 7) is 3.79. The summed E-state index contributed by atoms with van der Waals surface area (Å²) in [6.07, 6.45) is 3.98. The van der Waals surface area contributed by atoms with Crippen LogP contribution in [-0.2, 0) is 13.5 Å². The van der Waals surface area contributed by atoms with E-state index in [1.54, 1.807) is 10.9 Å². The average Bonchev–Trinajstić information content (AvgIpc) is 2.73. The molecule has 0 radical (unpaired) electrons. The molecule has 0 N–H and O–H groups in total. The van der Waals surface area contributed by atoms with Gasteiger partial charge in [0.2, 0.25) is 0 Å². The average molecular weight is 235 g/mol. The topological polar surface area (TPSA) is 47.8 Å². The second-order valence-electron chi connectivity index (χ2n) is 3.77. The lowest BCUT2D eigenvalue weighted by molar-refractivity contribution is 0.0996. The van der Waals surface area contributed by atoms with Crippen LogP contribution in [0.15, 0.2) is 12.4 Å². The number of rotatable bonds is 3. The summed E-state index contributed by atoms with van der Waals surface area (Å²) in [6, 6.07) is 0. The highest BCUT2D eigenvalue weighted by Crippen LogP contribution is 2.19. The Bertz CT molecular complexity index is 527. The van der Waals surface area contributed by atoms with E-state index in [-0.39, 0.29) is 5.78 Å². The molecule has 0 saturated carbocycles. The molecule has 0 aliphatic heterocycles. The number of hydrogen-bond acceptors (Lipinski definition) is 4. The number of aromatic nitrogens is 3. The predicted octanol–water partition coefficient (Wildman–Crippen LogP) is 1.92. The van der Waals surface area contributed by atoms with E-state index in [1.165, 1.54) is 11.3 Å². The number of thiazole rings is 1. The number of carbonyl (C=O) groups is 1. The maximum atomic E-state index is 12.0. The van der Waals surface area contributed by atoms with E-state index in [9.17, 15) is 4.79 Å². The lowest BCUT2D eigenvalue weighted by Crippen LogP contribution is -2.02. The number of Topliss-reactive ketones (excluding diaryl/α,β-unsaturated/α-hetero) is 1. The molecule has 84 valence electrons. The van der Waals surface area contributed by atoms with Gasteiger partial charge in [-0.15, -0.1) is 11.3 Å². The van der Waals surface area contributed by atoms with Crippen molar-refractivity contribution < 1.29 is 4.79 Å². The molecule has 0 bridgehead atoms. The second-order valence-corrected chi connectivity index (χ2v) is 4.97. The van der Waals surface area contributed by atoms with E-state index in [0.29, 0.717) is 6.42 Å². The van der Waals surface area contributed by atoms with Crippen LogP contribution in [0.2, 0.25) is 0 Å². The number of hydrogen-bond donors (Lipinski definition) is 0. The molecule has 0 aliphatic carbocycles. The van der Waals surface area contributed by atoms with Gasteiger partial charge in [0.15, 0.2) is 5.78 Å². The van der Waals surface area contributed by atoms with Gasteiger partial charge >= 0.3 is 0 Å². The summed E-state index contributed by atoms with van der Waals surface area (Å²) in [5.41, 5.74) is 1.77. The first-order valence-electron chi connectivity index (χ1n) is 5.01. The minimum Gasteiger partial charge on any atom is -0.293 e. The molecule has 0 amide bonds. The third-order valence-corrected chi connectivity index (χ3v) is 3.39. The molecule has 0 spiro atoms. The highest BCUT2D eigenvalue weighted by molar-refractivity contribution is 7.13. The Kier molecular flexibility index (Phi) is 2.87. The third-order valence-electron chi connectivity index (χ3n) is 2.28. The van der Waals surface area contributed by atoms with Crippen molar-refractivity contribution in [3.05, 3.63) is 33.5 Å². The standard InChI is InChI=1S/C11H13N3OS/c1-7-11(16-8(2)13-7)10(15)4-9-5-12-14(3)6-9/h5-6H,4H2,1-3H3. The molecule has 0 saturated heterocycles. The van der Waals surface area contributed by atoms with Gasteiger partial charge in [-0.25, -0.2) is 4.98 Å². The summed E-state index contributed by atoms with van der Waals surface area (Å²) in [4.78, 5) is 17.0. The van der Waals surface area contributed by atoms with Crippen LogP contribution >= 0.6 is 11.3 Å². The van der Waals surface area contributed by atoms with Gasteiger partial charge in [0.25, 0.3) is 0 Å². The molecular formula is C11H13N3OS. The van der Waals surface area contributed by atoms with Crippen molar-refractivity contribution in [3.63, 3.8) is 0 Å². The van der Waals surface area contributed by atoms with Crippen LogP contribution < -0.4 is 0 Å². The smallest absolute Gasteiger partial charge is 0.179 e. The van der Waals surface area contributed by atoms with Gasteiger partial charge in [0.1, 0.15) is 0 Å². The zero-order valence-corrected chi connectivity index (χ0v) is 10.3. The van der Waals surface area contributed by atoms with Crippen LogP contribution in [0, 0.1) is 13.8 Å². The third kappa shape index (κ3) is 2.19. The molecule has 2 aromatic rings. The first kappa shape index (κ1) is 11.0. The van der Waals surface area contributed by atoms with Crippen LogP contribution in [0.4, 0.5) is 0 Å². The van der Waals surface area contributed by atoms with Gasteiger partial charge in [-0.05, 0) is 19.4 Å². The Morgan fingerprint density at radius 1 is 1.50 bits per heavy atom. The molecular weight excluding hydrogens is 222 g/mol. The minimum absolute atomic E-state index is 0.121. The fourth-order valence-corrected chi connectivity index (χ4v) is 2.48. The summed E-state index contributed by atoms with van der Waals surface area (Å²) >= 11 is 1.46. The molecule has 0 aromatic carbocycles. The minimum atomic E-state index is 0.121. The van der Waals surface area contributed by atoms with Gasteiger partial charge in [-0.1, -0.05) is 0 Å². The maximum absolute atomic E-state index is 12.0. The van der Waals surface area contributed by atoms with E-state index >= 15 is 0 Å². The van der Waals surface area contributed by atoms with Crippen LogP contribution in [0.1, 0.15) is 25.9 Å². The van der Waals surface area contributed by atoms with E-state index in [4.69, 9.17) is 0 Å². The first-order chi connectivity index (χ1) is 7.56. The number of aryl methyl sites for hydroxylation is 3. The van der Waals surface area contributed by atoms with Gasteiger partial charge in [0.05, 0.1) is 21.8 Å². The quantitative estimate of drug-likeness (QED) is 0.764. The first-order valence-corrected chi connectivity index (χ1v) is 5.82. The summed E-state index contributed by atoms with van der Waals surface area (Å²) in [5, 5.41) is 4.98. The fraction of sp³-hybridized carbons (Fsp3) is 0.364. The van der Waals surface area contributed by atoms with Gasteiger partial charge in [0, 0.05) is 19.7 Å². The molecule has 0 unspecified atom stereocenters. The van der Waals surface area contributed by atoms with E-state index in [0.717, 1.165) is 21.1 Å². The second kappa shape index (κ2) is 4.17. The Labute approximate surface area is 97.9 Å². The summed E-state index contributed by atoms with van der Waals surface area (Å²) < 4.78 is 1.70. The van der Waals surface area contributed by atoms with Crippen molar-refractivity contribution in [2.45, 2.75) is 20.3 Å². The van der Waals surface area contributed by atoms with Crippen LogP contribution in [-0.4, -0.2) is 20.5 Å². The highest BCUT2D eigenvalue weighted by Gasteiger charge is 2.14. The molecule has 2 heterocycles.